The highest BCUT2D eigenvalue weighted by Gasteiger charge is 2.10. The minimum atomic E-state index is -0.759. The Morgan fingerprint density at radius 3 is 2.75 bits per heavy atom. The fourth-order valence-corrected chi connectivity index (χ4v) is 1.50. The van der Waals surface area contributed by atoms with Crippen LogP contribution < -0.4 is 5.73 Å². The van der Waals surface area contributed by atoms with Crippen LogP contribution in [0.4, 0.5) is 5.69 Å². The molecule has 88 valence electrons. The van der Waals surface area contributed by atoms with Gasteiger partial charge in [-0.2, -0.15) is 0 Å². The van der Waals surface area contributed by atoms with Crippen molar-refractivity contribution in [3.05, 3.63) is 23.8 Å². The highest BCUT2D eigenvalue weighted by molar-refractivity contribution is 5.69. The number of rotatable bonds is 5. The van der Waals surface area contributed by atoms with Gasteiger partial charge in [-0.1, -0.05) is 13.0 Å². The average molecular weight is 223 g/mol. The molecule has 4 nitrogen and oxygen atoms in total. The third-order valence-corrected chi connectivity index (χ3v) is 2.62. The summed E-state index contributed by atoms with van der Waals surface area (Å²) >= 11 is 0. The molecule has 4 heteroatoms. The van der Waals surface area contributed by atoms with Crippen molar-refractivity contribution in [2.24, 2.45) is 5.92 Å². The van der Waals surface area contributed by atoms with Crippen molar-refractivity contribution in [3.63, 3.8) is 0 Å². The number of carboxylic acid groups (broad SMARTS) is 1. The Bertz CT molecular complexity index is 377. The van der Waals surface area contributed by atoms with Crippen molar-refractivity contribution in [1.29, 1.82) is 0 Å². The number of carboxylic acids is 1. The third-order valence-electron chi connectivity index (χ3n) is 2.62. The van der Waals surface area contributed by atoms with E-state index in [1.54, 1.807) is 25.1 Å². The Morgan fingerprint density at radius 2 is 2.19 bits per heavy atom. The number of phenolic OH excluding ortho intramolecular Hbond substituents is 1. The van der Waals surface area contributed by atoms with E-state index < -0.39 is 5.97 Å². The lowest BCUT2D eigenvalue weighted by molar-refractivity contribution is -0.141. The van der Waals surface area contributed by atoms with Crippen LogP contribution in [0, 0.1) is 5.92 Å². The molecule has 0 aliphatic carbocycles. The van der Waals surface area contributed by atoms with Gasteiger partial charge in [0.1, 0.15) is 5.75 Å². The number of carbonyl (C=O) groups is 1. The predicted octanol–water partition coefficient (Wildman–Crippen LogP) is 2.02. The number of nitrogens with two attached hydrogens (primary N) is 1. The zero-order valence-corrected chi connectivity index (χ0v) is 9.31. The number of aliphatic carboxylic acids is 1. The Balaban J connectivity index is 2.43. The largest absolute Gasteiger partial charge is 0.506 e. The minimum Gasteiger partial charge on any atom is -0.506 e. The predicted molar refractivity (Wildman–Crippen MR) is 62.3 cm³/mol. The molecular formula is C12H17NO3. The summed E-state index contributed by atoms with van der Waals surface area (Å²) in [6, 6.07) is 5.09. The number of hydrogen-bond acceptors (Lipinski definition) is 3. The zero-order chi connectivity index (χ0) is 12.1. The normalized spacial score (nSPS) is 12.3. The summed E-state index contributed by atoms with van der Waals surface area (Å²) in [5, 5.41) is 17.9. The number of hydrogen-bond donors (Lipinski definition) is 3. The van der Waals surface area contributed by atoms with E-state index >= 15 is 0 Å². The smallest absolute Gasteiger partial charge is 0.306 e. The van der Waals surface area contributed by atoms with Crippen molar-refractivity contribution in [2.45, 2.75) is 26.2 Å². The Morgan fingerprint density at radius 1 is 1.50 bits per heavy atom. The second-order valence-corrected chi connectivity index (χ2v) is 4.02. The average Bonchev–Trinajstić information content (AvgIpc) is 2.23. The molecule has 0 heterocycles. The van der Waals surface area contributed by atoms with Gasteiger partial charge >= 0.3 is 5.97 Å². The van der Waals surface area contributed by atoms with Gasteiger partial charge < -0.3 is 15.9 Å². The molecule has 0 bridgehead atoms. The van der Waals surface area contributed by atoms with Crippen LogP contribution in [-0.2, 0) is 11.2 Å². The summed E-state index contributed by atoms with van der Waals surface area (Å²) in [6.45, 7) is 1.70. The number of phenols is 1. The van der Waals surface area contributed by atoms with E-state index in [-0.39, 0.29) is 11.7 Å². The van der Waals surface area contributed by atoms with Gasteiger partial charge in [-0.3, -0.25) is 4.79 Å². The first kappa shape index (κ1) is 12.4. The van der Waals surface area contributed by atoms with Crippen LogP contribution in [0.15, 0.2) is 18.2 Å². The molecule has 1 aromatic rings. The van der Waals surface area contributed by atoms with Crippen LogP contribution in [-0.4, -0.2) is 16.2 Å². The Hall–Kier alpha value is -1.71. The molecule has 1 unspecified atom stereocenters. The summed E-state index contributed by atoms with van der Waals surface area (Å²) in [4.78, 5) is 10.6. The van der Waals surface area contributed by atoms with E-state index in [2.05, 4.69) is 0 Å². The van der Waals surface area contributed by atoms with E-state index in [0.29, 0.717) is 12.1 Å². The SMILES string of the molecule is CC(CCCc1ccc(O)c(N)c1)C(=O)O. The number of anilines is 1. The van der Waals surface area contributed by atoms with E-state index in [0.717, 1.165) is 18.4 Å². The van der Waals surface area contributed by atoms with Crippen LogP contribution in [0.25, 0.3) is 0 Å². The van der Waals surface area contributed by atoms with Gasteiger partial charge in [0.25, 0.3) is 0 Å². The topological polar surface area (TPSA) is 83.5 Å². The second kappa shape index (κ2) is 5.39. The summed E-state index contributed by atoms with van der Waals surface area (Å²) < 4.78 is 0. The first-order valence-corrected chi connectivity index (χ1v) is 5.31. The van der Waals surface area contributed by atoms with Crippen LogP contribution in [0.1, 0.15) is 25.3 Å². The summed E-state index contributed by atoms with van der Waals surface area (Å²) in [6.07, 6.45) is 2.23. The van der Waals surface area contributed by atoms with Gasteiger partial charge in [-0.05, 0) is 37.0 Å². The molecule has 0 radical (unpaired) electrons. The molecule has 0 aliphatic heterocycles. The lowest BCUT2D eigenvalue weighted by Gasteiger charge is -2.07. The van der Waals surface area contributed by atoms with Crippen molar-refractivity contribution in [3.8, 4) is 5.75 Å². The molecule has 0 saturated carbocycles. The lowest BCUT2D eigenvalue weighted by atomic mass is 10.0. The Kier molecular flexibility index (Phi) is 4.17. The maximum Gasteiger partial charge on any atom is 0.306 e. The fourth-order valence-electron chi connectivity index (χ4n) is 1.50. The number of nitrogen functional groups attached to an aromatic ring is 1. The van der Waals surface area contributed by atoms with Crippen LogP contribution >= 0.6 is 0 Å². The molecule has 16 heavy (non-hydrogen) atoms. The second-order valence-electron chi connectivity index (χ2n) is 4.02. The summed E-state index contributed by atoms with van der Waals surface area (Å²) in [5.41, 5.74) is 6.94. The van der Waals surface area contributed by atoms with Gasteiger partial charge in [-0.25, -0.2) is 0 Å². The van der Waals surface area contributed by atoms with Gasteiger partial charge in [-0.15, -0.1) is 0 Å². The first-order valence-electron chi connectivity index (χ1n) is 5.31. The van der Waals surface area contributed by atoms with Crippen molar-refractivity contribution in [1.82, 2.24) is 0 Å². The summed E-state index contributed by atoms with van der Waals surface area (Å²) in [7, 11) is 0. The lowest BCUT2D eigenvalue weighted by Crippen LogP contribution is -2.09. The van der Waals surface area contributed by atoms with Crippen LogP contribution in [0.2, 0.25) is 0 Å². The van der Waals surface area contributed by atoms with E-state index in [9.17, 15) is 9.90 Å². The van der Waals surface area contributed by atoms with Crippen molar-refractivity contribution < 1.29 is 15.0 Å². The zero-order valence-electron chi connectivity index (χ0n) is 9.31. The van der Waals surface area contributed by atoms with Crippen molar-refractivity contribution >= 4 is 11.7 Å². The van der Waals surface area contributed by atoms with E-state index in [1.807, 2.05) is 0 Å². The van der Waals surface area contributed by atoms with E-state index in [1.165, 1.54) is 0 Å². The highest BCUT2D eigenvalue weighted by Crippen LogP contribution is 2.21. The Labute approximate surface area is 94.7 Å². The quantitative estimate of drug-likeness (QED) is 0.526. The van der Waals surface area contributed by atoms with Gasteiger partial charge in [0.15, 0.2) is 0 Å². The number of aromatic hydroxyl groups is 1. The molecule has 1 atom stereocenters. The molecule has 0 fully saturated rings. The molecule has 1 aromatic carbocycles. The van der Waals surface area contributed by atoms with E-state index in [4.69, 9.17) is 10.8 Å². The maximum absolute atomic E-state index is 10.6. The molecule has 0 aromatic heterocycles. The van der Waals surface area contributed by atoms with Gasteiger partial charge in [0.2, 0.25) is 0 Å². The minimum absolute atomic E-state index is 0.0858. The first-order chi connectivity index (χ1) is 7.50. The maximum atomic E-state index is 10.6. The number of aryl methyl sites for hydroxylation is 1. The standard InChI is InChI=1S/C12H17NO3/c1-8(12(15)16)3-2-4-9-5-6-11(14)10(13)7-9/h5-8,14H,2-4,13H2,1H3,(H,15,16). The van der Waals surface area contributed by atoms with Crippen molar-refractivity contribution in [2.75, 3.05) is 5.73 Å². The fraction of sp³-hybridized carbons (Fsp3) is 0.417. The third kappa shape index (κ3) is 3.46. The molecule has 4 N–H and O–H groups in total. The monoisotopic (exact) mass is 223 g/mol. The van der Waals surface area contributed by atoms with Gasteiger partial charge in [0, 0.05) is 0 Å². The van der Waals surface area contributed by atoms with Crippen LogP contribution in [0.3, 0.4) is 0 Å². The summed E-state index contributed by atoms with van der Waals surface area (Å²) in [5.74, 6) is -0.984. The molecule has 1 rings (SSSR count). The molecular weight excluding hydrogens is 206 g/mol. The molecule has 0 aliphatic rings. The van der Waals surface area contributed by atoms with Gasteiger partial charge in [0.05, 0.1) is 11.6 Å². The molecule has 0 amide bonds. The number of benzene rings is 1. The molecule has 0 saturated heterocycles. The molecule has 0 spiro atoms. The highest BCUT2D eigenvalue weighted by atomic mass is 16.4. The van der Waals surface area contributed by atoms with Crippen LogP contribution in [0.5, 0.6) is 5.75 Å².